The number of nitriles is 1. The monoisotopic (exact) mass is 260 g/mol. The van der Waals surface area contributed by atoms with E-state index in [9.17, 15) is 8.78 Å². The van der Waals surface area contributed by atoms with Crippen LogP contribution in [0.3, 0.4) is 0 Å². The Morgan fingerprint density at radius 2 is 2.29 bits per heavy atom. The van der Waals surface area contributed by atoms with E-state index in [1.807, 2.05) is 0 Å². The van der Waals surface area contributed by atoms with E-state index in [1.54, 1.807) is 13.0 Å². The van der Waals surface area contributed by atoms with Crippen LogP contribution in [0.2, 0.25) is 0 Å². The molecule has 0 N–H and O–H groups in total. The molecule has 0 saturated heterocycles. The van der Waals surface area contributed by atoms with E-state index in [-0.39, 0.29) is 11.1 Å². The second kappa shape index (κ2) is 4.47. The summed E-state index contributed by atoms with van der Waals surface area (Å²) in [6, 6.07) is 1.79. The lowest BCUT2D eigenvalue weighted by molar-refractivity contribution is 0.150. The van der Waals surface area contributed by atoms with Crippen molar-refractivity contribution in [3.63, 3.8) is 0 Å². The highest BCUT2D eigenvalue weighted by Gasteiger charge is 2.17. The number of aromatic nitrogens is 1. The summed E-state index contributed by atoms with van der Waals surface area (Å²) in [5.74, 6) is 0. The lowest BCUT2D eigenvalue weighted by Crippen LogP contribution is -2.00. The van der Waals surface area contributed by atoms with Crippen LogP contribution in [0.15, 0.2) is 6.20 Å². The normalized spacial score (nSPS) is 10.3. The second-order valence-electron chi connectivity index (χ2n) is 2.70. The average Bonchev–Trinajstić information content (AvgIpc) is 2.16. The summed E-state index contributed by atoms with van der Waals surface area (Å²) in [5, 5.41) is 9.13. The molecule has 1 heterocycles. The number of rotatable bonds is 2. The number of hydrogen-bond donors (Lipinski definition) is 0. The van der Waals surface area contributed by atoms with E-state index in [0.717, 1.165) is 6.20 Å². The van der Waals surface area contributed by atoms with Crippen LogP contribution in [0, 0.1) is 18.3 Å². The molecule has 0 atom stereocenters. The molecule has 0 radical (unpaired) electrons. The Bertz CT molecular complexity index is 385. The fourth-order valence-corrected chi connectivity index (χ4v) is 1.81. The summed E-state index contributed by atoms with van der Waals surface area (Å²) in [6.45, 7) is 1.69. The molecule has 0 unspecified atom stereocenters. The Morgan fingerprint density at radius 3 is 2.71 bits per heavy atom. The van der Waals surface area contributed by atoms with E-state index in [4.69, 9.17) is 5.26 Å². The topological polar surface area (TPSA) is 36.7 Å². The molecule has 5 heteroatoms. The number of nitrogens with zero attached hydrogens (tertiary/aromatic N) is 2. The van der Waals surface area contributed by atoms with E-state index >= 15 is 0 Å². The van der Waals surface area contributed by atoms with Crippen molar-refractivity contribution in [3.8, 4) is 6.07 Å². The van der Waals surface area contributed by atoms with Crippen molar-refractivity contribution in [2.24, 2.45) is 0 Å². The highest BCUT2D eigenvalue weighted by molar-refractivity contribution is 9.08. The molecule has 0 aliphatic carbocycles. The number of aryl methyl sites for hydroxylation is 1. The molecule has 0 bridgehead atoms. The van der Waals surface area contributed by atoms with Crippen LogP contribution in [0.1, 0.15) is 28.8 Å². The molecule has 0 spiro atoms. The molecular formula is C9H7BrF2N2. The lowest BCUT2D eigenvalue weighted by Gasteiger charge is -2.08. The maximum absolute atomic E-state index is 12.5. The van der Waals surface area contributed by atoms with Gasteiger partial charge in [0.15, 0.2) is 0 Å². The van der Waals surface area contributed by atoms with E-state index in [1.165, 1.54) is 0 Å². The quantitative estimate of drug-likeness (QED) is 0.767. The van der Waals surface area contributed by atoms with Crippen LogP contribution < -0.4 is 0 Å². The zero-order valence-corrected chi connectivity index (χ0v) is 8.98. The van der Waals surface area contributed by atoms with Crippen LogP contribution >= 0.6 is 15.9 Å². The van der Waals surface area contributed by atoms with Gasteiger partial charge in [0.25, 0.3) is 6.43 Å². The van der Waals surface area contributed by atoms with Gasteiger partial charge in [-0.1, -0.05) is 15.9 Å². The number of alkyl halides is 3. The molecule has 1 rings (SSSR count). The van der Waals surface area contributed by atoms with Gasteiger partial charge in [0, 0.05) is 22.8 Å². The highest BCUT2D eigenvalue weighted by atomic mass is 79.9. The maximum Gasteiger partial charge on any atom is 0.266 e. The third kappa shape index (κ3) is 1.90. The van der Waals surface area contributed by atoms with Crippen LogP contribution in [0.25, 0.3) is 0 Å². The zero-order valence-electron chi connectivity index (χ0n) is 7.39. The third-order valence-electron chi connectivity index (χ3n) is 1.91. The van der Waals surface area contributed by atoms with Gasteiger partial charge in [0.2, 0.25) is 0 Å². The first-order valence-corrected chi connectivity index (χ1v) is 4.96. The summed E-state index contributed by atoms with van der Waals surface area (Å²) in [5.41, 5.74) is 0.866. The van der Waals surface area contributed by atoms with Gasteiger partial charge in [-0.2, -0.15) is 5.26 Å². The number of hydrogen-bond acceptors (Lipinski definition) is 2. The van der Waals surface area contributed by atoms with Crippen molar-refractivity contribution in [1.82, 2.24) is 4.98 Å². The summed E-state index contributed by atoms with van der Waals surface area (Å²) in [4.78, 5) is 3.82. The number of pyridine rings is 1. The van der Waals surface area contributed by atoms with Gasteiger partial charge in [-0.25, -0.2) is 8.78 Å². The van der Waals surface area contributed by atoms with Crippen LogP contribution in [0.4, 0.5) is 8.78 Å². The van der Waals surface area contributed by atoms with Gasteiger partial charge in [-0.15, -0.1) is 0 Å². The van der Waals surface area contributed by atoms with Gasteiger partial charge >= 0.3 is 0 Å². The zero-order chi connectivity index (χ0) is 10.7. The molecule has 2 nitrogen and oxygen atoms in total. The largest absolute Gasteiger partial charge is 0.266 e. The molecule has 0 amide bonds. The Balaban J connectivity index is 3.43. The maximum atomic E-state index is 12.5. The SMILES string of the molecule is Cc1ncc(C(F)F)c(C#N)c1CBr. The predicted octanol–water partition coefficient (Wildman–Crippen LogP) is 3.09. The smallest absolute Gasteiger partial charge is 0.261 e. The Kier molecular flexibility index (Phi) is 3.53. The first-order chi connectivity index (χ1) is 6.61. The molecular weight excluding hydrogens is 254 g/mol. The molecule has 14 heavy (non-hydrogen) atoms. The van der Waals surface area contributed by atoms with Crippen LogP contribution in [-0.4, -0.2) is 4.98 Å². The van der Waals surface area contributed by atoms with Gasteiger partial charge in [-0.05, 0) is 6.92 Å². The van der Waals surface area contributed by atoms with Crippen molar-refractivity contribution in [3.05, 3.63) is 28.6 Å². The van der Waals surface area contributed by atoms with Crippen LogP contribution in [-0.2, 0) is 5.33 Å². The molecule has 0 fully saturated rings. The van der Waals surface area contributed by atoms with E-state index in [2.05, 4.69) is 20.9 Å². The molecule has 0 aliphatic rings. The first-order valence-electron chi connectivity index (χ1n) is 3.84. The predicted molar refractivity (Wildman–Crippen MR) is 51.3 cm³/mol. The van der Waals surface area contributed by atoms with Gasteiger partial charge in [-0.3, -0.25) is 4.98 Å². The summed E-state index contributed by atoms with van der Waals surface area (Å²) in [6.07, 6.45) is -1.60. The van der Waals surface area contributed by atoms with Crippen LogP contribution in [0.5, 0.6) is 0 Å². The fraction of sp³-hybridized carbons (Fsp3) is 0.333. The van der Waals surface area contributed by atoms with Gasteiger partial charge < -0.3 is 0 Å². The van der Waals surface area contributed by atoms with Crippen molar-refractivity contribution < 1.29 is 8.78 Å². The molecule has 1 aromatic heterocycles. The van der Waals surface area contributed by atoms with Crippen molar-refractivity contribution in [1.29, 1.82) is 5.26 Å². The Labute approximate surface area is 88.7 Å². The Hall–Kier alpha value is -1.02. The highest BCUT2D eigenvalue weighted by Crippen LogP contribution is 2.26. The minimum Gasteiger partial charge on any atom is -0.261 e. The van der Waals surface area contributed by atoms with Gasteiger partial charge in [0.05, 0.1) is 11.1 Å². The third-order valence-corrected chi connectivity index (χ3v) is 2.47. The molecule has 74 valence electrons. The minimum atomic E-state index is -2.66. The molecule has 0 aromatic carbocycles. The van der Waals surface area contributed by atoms with Gasteiger partial charge in [0.1, 0.15) is 6.07 Å². The lowest BCUT2D eigenvalue weighted by atomic mass is 10.0. The Morgan fingerprint density at radius 1 is 1.64 bits per heavy atom. The summed E-state index contributed by atoms with van der Waals surface area (Å²) >= 11 is 3.15. The van der Waals surface area contributed by atoms with Crippen molar-refractivity contribution in [2.45, 2.75) is 18.7 Å². The summed E-state index contributed by atoms with van der Waals surface area (Å²) < 4.78 is 24.9. The average molecular weight is 261 g/mol. The molecule has 0 saturated carbocycles. The second-order valence-corrected chi connectivity index (χ2v) is 3.26. The van der Waals surface area contributed by atoms with E-state index in [0.29, 0.717) is 16.6 Å². The molecule has 1 aromatic rings. The fourth-order valence-electron chi connectivity index (χ4n) is 1.12. The molecule has 0 aliphatic heterocycles. The van der Waals surface area contributed by atoms with E-state index < -0.39 is 6.43 Å². The number of halogens is 3. The standard InChI is InChI=1S/C9H7BrF2N2/c1-5-6(2-10)7(3-13)8(4-14-5)9(11)12/h4,9H,2H2,1H3. The minimum absolute atomic E-state index is 0.0318. The summed E-state index contributed by atoms with van der Waals surface area (Å²) in [7, 11) is 0. The first kappa shape index (κ1) is 11.1. The van der Waals surface area contributed by atoms with Crippen molar-refractivity contribution >= 4 is 15.9 Å². The van der Waals surface area contributed by atoms with Crippen molar-refractivity contribution in [2.75, 3.05) is 0 Å².